The van der Waals surface area contributed by atoms with Gasteiger partial charge >= 0.3 is 17.9 Å². The topological polar surface area (TPSA) is 88.1 Å². The summed E-state index contributed by atoms with van der Waals surface area (Å²) in [5.74, 6) is -1.98. The smallest absolute Gasteiger partial charge is 0.337 e. The van der Waals surface area contributed by atoms with Crippen LogP contribution in [0.15, 0.2) is 11.8 Å². The zero-order valence-corrected chi connectivity index (χ0v) is 13.0. The maximum absolute atomic E-state index is 11.9. The van der Waals surface area contributed by atoms with Gasteiger partial charge in [-0.3, -0.25) is 9.59 Å². The van der Waals surface area contributed by atoms with Crippen LogP contribution in [0.1, 0.15) is 27.2 Å². The number of hydrogen-bond donors (Lipinski definition) is 0. The molecule has 0 spiro atoms. The van der Waals surface area contributed by atoms with Gasteiger partial charge in [0.2, 0.25) is 6.29 Å². The van der Waals surface area contributed by atoms with E-state index >= 15 is 0 Å². The SMILES string of the molecule is COC(=O)C1=COC(OC(C)=O)C2C1CC(OC(C)=O)C2C. The fraction of sp³-hybridized carbons (Fsp3) is 0.667. The van der Waals surface area contributed by atoms with Crippen molar-refractivity contribution < 1.29 is 33.3 Å². The van der Waals surface area contributed by atoms with Crippen LogP contribution in [0.2, 0.25) is 0 Å². The van der Waals surface area contributed by atoms with Gasteiger partial charge in [0.15, 0.2) is 0 Å². The molecule has 1 fully saturated rings. The van der Waals surface area contributed by atoms with Crippen molar-refractivity contribution in [2.24, 2.45) is 17.8 Å². The Morgan fingerprint density at radius 2 is 1.82 bits per heavy atom. The van der Waals surface area contributed by atoms with Gasteiger partial charge in [-0.25, -0.2) is 4.79 Å². The Balaban J connectivity index is 2.29. The molecule has 1 aliphatic heterocycles. The van der Waals surface area contributed by atoms with Crippen molar-refractivity contribution in [1.82, 2.24) is 0 Å². The van der Waals surface area contributed by atoms with Gasteiger partial charge in [0, 0.05) is 31.6 Å². The third kappa shape index (κ3) is 3.08. The summed E-state index contributed by atoms with van der Waals surface area (Å²) in [4.78, 5) is 34.4. The van der Waals surface area contributed by atoms with E-state index in [9.17, 15) is 14.4 Å². The van der Waals surface area contributed by atoms with Crippen molar-refractivity contribution in [1.29, 1.82) is 0 Å². The minimum absolute atomic E-state index is 0.119. The van der Waals surface area contributed by atoms with Crippen molar-refractivity contribution in [3.05, 3.63) is 11.8 Å². The Labute approximate surface area is 128 Å². The molecule has 0 N–H and O–H groups in total. The molecular weight excluding hydrogens is 292 g/mol. The molecule has 1 aliphatic carbocycles. The van der Waals surface area contributed by atoms with Gasteiger partial charge < -0.3 is 18.9 Å². The molecule has 0 aromatic heterocycles. The highest BCUT2D eigenvalue weighted by Gasteiger charge is 2.53. The lowest BCUT2D eigenvalue weighted by molar-refractivity contribution is -0.187. The molecule has 0 bridgehead atoms. The van der Waals surface area contributed by atoms with E-state index < -0.39 is 18.2 Å². The number of fused-ring (bicyclic) bond motifs is 1. The van der Waals surface area contributed by atoms with E-state index in [0.717, 1.165) is 0 Å². The number of esters is 3. The predicted octanol–water partition coefficient (Wildman–Crippen LogP) is 1.17. The summed E-state index contributed by atoms with van der Waals surface area (Å²) in [7, 11) is 1.29. The first-order valence-electron chi connectivity index (χ1n) is 7.13. The highest BCUT2D eigenvalue weighted by Crippen LogP contribution is 2.48. The summed E-state index contributed by atoms with van der Waals surface area (Å²) in [5.41, 5.74) is 0.373. The second kappa shape index (κ2) is 6.37. The molecule has 7 nitrogen and oxygen atoms in total. The van der Waals surface area contributed by atoms with E-state index in [-0.39, 0.29) is 29.8 Å². The first kappa shape index (κ1) is 16.3. The van der Waals surface area contributed by atoms with Crippen molar-refractivity contribution >= 4 is 17.9 Å². The molecule has 2 rings (SSSR count). The van der Waals surface area contributed by atoms with E-state index in [0.29, 0.717) is 12.0 Å². The quantitative estimate of drug-likeness (QED) is 0.571. The molecule has 7 heteroatoms. The zero-order valence-electron chi connectivity index (χ0n) is 13.0. The van der Waals surface area contributed by atoms with E-state index in [1.807, 2.05) is 6.92 Å². The lowest BCUT2D eigenvalue weighted by Gasteiger charge is -2.34. The van der Waals surface area contributed by atoms with Gasteiger partial charge in [0.25, 0.3) is 0 Å². The van der Waals surface area contributed by atoms with E-state index in [2.05, 4.69) is 0 Å². The molecule has 122 valence electrons. The third-order valence-corrected chi connectivity index (χ3v) is 4.21. The van der Waals surface area contributed by atoms with Crippen LogP contribution in [0, 0.1) is 17.8 Å². The molecule has 5 atom stereocenters. The Hall–Kier alpha value is -2.05. The predicted molar refractivity (Wildman–Crippen MR) is 73.1 cm³/mol. The molecule has 0 radical (unpaired) electrons. The molecule has 5 unspecified atom stereocenters. The third-order valence-electron chi connectivity index (χ3n) is 4.21. The number of rotatable bonds is 3. The Morgan fingerprint density at radius 3 is 2.36 bits per heavy atom. The van der Waals surface area contributed by atoms with Crippen LogP contribution in [0.3, 0.4) is 0 Å². The molecule has 1 heterocycles. The maximum Gasteiger partial charge on any atom is 0.337 e. The molecule has 2 aliphatic rings. The summed E-state index contributed by atoms with van der Waals surface area (Å²) in [6, 6.07) is 0. The summed E-state index contributed by atoms with van der Waals surface area (Å²) in [6.07, 6.45) is 0.587. The van der Waals surface area contributed by atoms with Crippen molar-refractivity contribution in [3.63, 3.8) is 0 Å². The Kier molecular flexibility index (Phi) is 4.73. The van der Waals surface area contributed by atoms with Gasteiger partial charge in [-0.2, -0.15) is 0 Å². The van der Waals surface area contributed by atoms with Crippen molar-refractivity contribution in [3.8, 4) is 0 Å². The van der Waals surface area contributed by atoms with Crippen LogP contribution in [-0.4, -0.2) is 37.4 Å². The monoisotopic (exact) mass is 312 g/mol. The zero-order chi connectivity index (χ0) is 16.4. The van der Waals surface area contributed by atoms with E-state index in [1.54, 1.807) is 0 Å². The van der Waals surface area contributed by atoms with Crippen molar-refractivity contribution in [2.75, 3.05) is 7.11 Å². The highest BCUT2D eigenvalue weighted by atomic mass is 16.7. The second-order valence-electron chi connectivity index (χ2n) is 5.61. The Morgan fingerprint density at radius 1 is 1.18 bits per heavy atom. The standard InChI is InChI=1S/C15H20O7/c1-7-12(21-8(2)16)5-10-11(14(18)19-4)6-20-15(13(7)10)22-9(3)17/h6-7,10,12-13,15H,5H2,1-4H3. The summed E-state index contributed by atoms with van der Waals surface area (Å²) in [6.45, 7) is 4.52. The molecular formula is C15H20O7. The lowest BCUT2D eigenvalue weighted by atomic mass is 9.83. The average molecular weight is 312 g/mol. The fourth-order valence-electron chi connectivity index (χ4n) is 3.28. The molecule has 0 aromatic rings. The summed E-state index contributed by atoms with van der Waals surface area (Å²) < 4.78 is 20.7. The van der Waals surface area contributed by atoms with Gasteiger partial charge in [0.1, 0.15) is 6.10 Å². The first-order chi connectivity index (χ1) is 10.3. The largest absolute Gasteiger partial charge is 0.466 e. The van der Waals surface area contributed by atoms with Gasteiger partial charge in [-0.05, 0) is 6.42 Å². The average Bonchev–Trinajstić information content (AvgIpc) is 2.75. The molecule has 1 saturated carbocycles. The number of carbonyl (C=O) groups excluding carboxylic acids is 3. The number of carbonyl (C=O) groups is 3. The van der Waals surface area contributed by atoms with E-state index in [4.69, 9.17) is 18.9 Å². The second-order valence-corrected chi connectivity index (χ2v) is 5.61. The van der Waals surface area contributed by atoms with Crippen molar-refractivity contribution in [2.45, 2.75) is 39.6 Å². The van der Waals surface area contributed by atoms with E-state index in [1.165, 1.54) is 27.2 Å². The number of methoxy groups -OCH3 is 1. The summed E-state index contributed by atoms with van der Waals surface area (Å²) in [5, 5.41) is 0. The fourth-order valence-corrected chi connectivity index (χ4v) is 3.28. The minimum Gasteiger partial charge on any atom is -0.466 e. The Bertz CT molecular complexity index is 510. The lowest BCUT2D eigenvalue weighted by Crippen LogP contribution is -2.39. The minimum atomic E-state index is -0.800. The summed E-state index contributed by atoms with van der Waals surface area (Å²) >= 11 is 0. The van der Waals surface area contributed by atoms with Crippen LogP contribution in [0.25, 0.3) is 0 Å². The highest BCUT2D eigenvalue weighted by molar-refractivity contribution is 5.89. The molecule has 0 amide bonds. The molecule has 0 aromatic carbocycles. The van der Waals surface area contributed by atoms with Crippen LogP contribution >= 0.6 is 0 Å². The molecule has 22 heavy (non-hydrogen) atoms. The number of ether oxygens (including phenoxy) is 4. The number of hydrogen-bond acceptors (Lipinski definition) is 7. The van der Waals surface area contributed by atoms with Crippen LogP contribution in [0.5, 0.6) is 0 Å². The molecule has 0 saturated heterocycles. The van der Waals surface area contributed by atoms with Crippen LogP contribution in [-0.2, 0) is 33.3 Å². The van der Waals surface area contributed by atoms with Crippen LogP contribution in [0.4, 0.5) is 0 Å². The first-order valence-corrected chi connectivity index (χ1v) is 7.13. The van der Waals surface area contributed by atoms with Gasteiger partial charge in [-0.15, -0.1) is 0 Å². The maximum atomic E-state index is 11.9. The normalized spacial score (nSPS) is 33.1. The van der Waals surface area contributed by atoms with Gasteiger partial charge in [-0.1, -0.05) is 6.92 Å². The van der Waals surface area contributed by atoms with Crippen LogP contribution < -0.4 is 0 Å². The van der Waals surface area contributed by atoms with Gasteiger partial charge in [0.05, 0.1) is 18.9 Å².